The molecule has 1 aromatic rings. The molecule has 1 atom stereocenters. The molecule has 2 rings (SSSR count). The maximum absolute atomic E-state index is 12.3. The second-order valence-electron chi connectivity index (χ2n) is 6.38. The molecule has 0 aromatic heterocycles. The van der Waals surface area contributed by atoms with Crippen LogP contribution in [-0.4, -0.2) is 31.6 Å². The number of amides is 3. The number of piperidine rings is 1. The lowest BCUT2D eigenvalue weighted by atomic mass is 9.84. The summed E-state index contributed by atoms with van der Waals surface area (Å²) in [6.07, 6.45) is 2.80. The van der Waals surface area contributed by atoms with Gasteiger partial charge in [-0.15, -0.1) is 0 Å². The van der Waals surface area contributed by atoms with Crippen molar-refractivity contribution in [1.82, 2.24) is 10.6 Å². The van der Waals surface area contributed by atoms with Gasteiger partial charge in [0.1, 0.15) is 0 Å². The Morgan fingerprint density at radius 1 is 1.21 bits per heavy atom. The minimum atomic E-state index is -0.250. The first kappa shape index (κ1) is 18.3. The molecule has 6 heteroatoms. The number of hydrogen-bond donors (Lipinski definition) is 4. The molecule has 1 aromatic carbocycles. The summed E-state index contributed by atoms with van der Waals surface area (Å²) in [6, 6.07) is 6.95. The molecule has 1 heterocycles. The van der Waals surface area contributed by atoms with Gasteiger partial charge in [0.2, 0.25) is 5.91 Å². The van der Waals surface area contributed by atoms with Gasteiger partial charge in [-0.2, -0.15) is 0 Å². The van der Waals surface area contributed by atoms with Crippen LogP contribution >= 0.6 is 0 Å². The van der Waals surface area contributed by atoms with Gasteiger partial charge in [0.25, 0.3) is 0 Å². The molecule has 1 fully saturated rings. The number of benzene rings is 1. The normalized spacial score (nSPS) is 16.2. The summed E-state index contributed by atoms with van der Waals surface area (Å²) in [5, 5.41) is 11.7. The Morgan fingerprint density at radius 2 is 1.88 bits per heavy atom. The van der Waals surface area contributed by atoms with E-state index in [1.807, 2.05) is 19.1 Å². The molecule has 1 saturated heterocycles. The summed E-state index contributed by atoms with van der Waals surface area (Å²) in [7, 11) is 0. The fourth-order valence-electron chi connectivity index (χ4n) is 3.09. The van der Waals surface area contributed by atoms with Crippen LogP contribution in [0.4, 0.5) is 16.2 Å². The second kappa shape index (κ2) is 9.27. The SMILES string of the molecule is CCNC(=O)Nc1cccc(NC(=O)CC(C)C2CCNCC2)c1. The monoisotopic (exact) mass is 332 g/mol. The lowest BCUT2D eigenvalue weighted by Crippen LogP contribution is -2.32. The number of anilines is 2. The minimum absolute atomic E-state index is 0.0243. The molecule has 6 nitrogen and oxygen atoms in total. The van der Waals surface area contributed by atoms with Crippen molar-refractivity contribution in [2.45, 2.75) is 33.1 Å². The predicted molar refractivity (Wildman–Crippen MR) is 97.1 cm³/mol. The van der Waals surface area contributed by atoms with Crippen molar-refractivity contribution >= 4 is 23.3 Å². The standard InChI is InChI=1S/C18H28N4O2/c1-3-20-18(24)22-16-6-4-5-15(12-16)21-17(23)11-13(2)14-7-9-19-10-8-14/h4-6,12-14,19H,3,7-11H2,1-2H3,(H,21,23)(H2,20,22,24). The van der Waals surface area contributed by atoms with Gasteiger partial charge in [-0.05, 0) is 62.9 Å². The summed E-state index contributed by atoms with van der Waals surface area (Å²) in [5.74, 6) is 1.02. The molecule has 3 amide bonds. The predicted octanol–water partition coefficient (Wildman–Crippen LogP) is 2.79. The van der Waals surface area contributed by atoms with E-state index in [4.69, 9.17) is 0 Å². The Balaban J connectivity index is 1.85. The maximum Gasteiger partial charge on any atom is 0.319 e. The Labute approximate surface area is 143 Å². The summed E-state index contributed by atoms with van der Waals surface area (Å²) in [6.45, 7) is 6.67. The van der Waals surface area contributed by atoms with Crippen LogP contribution in [0.1, 0.15) is 33.1 Å². The highest BCUT2D eigenvalue weighted by Gasteiger charge is 2.22. The van der Waals surface area contributed by atoms with E-state index in [0.717, 1.165) is 25.9 Å². The van der Waals surface area contributed by atoms with Gasteiger partial charge in [-0.3, -0.25) is 4.79 Å². The third-order valence-electron chi connectivity index (χ3n) is 4.44. The summed E-state index contributed by atoms with van der Waals surface area (Å²) in [5.41, 5.74) is 1.36. The molecule has 1 aliphatic heterocycles. The molecule has 132 valence electrons. The van der Waals surface area contributed by atoms with Crippen molar-refractivity contribution in [1.29, 1.82) is 0 Å². The van der Waals surface area contributed by atoms with E-state index in [9.17, 15) is 9.59 Å². The van der Waals surface area contributed by atoms with Crippen LogP contribution in [0.2, 0.25) is 0 Å². The average Bonchev–Trinajstić information content (AvgIpc) is 2.56. The molecule has 24 heavy (non-hydrogen) atoms. The minimum Gasteiger partial charge on any atom is -0.338 e. The summed E-state index contributed by atoms with van der Waals surface area (Å²) < 4.78 is 0. The van der Waals surface area contributed by atoms with Crippen molar-refractivity contribution < 1.29 is 9.59 Å². The Hall–Kier alpha value is -2.08. The molecule has 0 radical (unpaired) electrons. The summed E-state index contributed by atoms with van der Waals surface area (Å²) in [4.78, 5) is 23.8. The van der Waals surface area contributed by atoms with E-state index < -0.39 is 0 Å². The Morgan fingerprint density at radius 3 is 2.54 bits per heavy atom. The van der Waals surface area contributed by atoms with Crippen LogP contribution < -0.4 is 21.3 Å². The topological polar surface area (TPSA) is 82.3 Å². The molecule has 0 spiro atoms. The maximum atomic E-state index is 12.3. The second-order valence-corrected chi connectivity index (χ2v) is 6.38. The molecule has 1 unspecified atom stereocenters. The van der Waals surface area contributed by atoms with Gasteiger partial charge < -0.3 is 21.3 Å². The number of carbonyl (C=O) groups excluding carboxylic acids is 2. The highest BCUT2D eigenvalue weighted by atomic mass is 16.2. The Bertz CT molecular complexity index is 556. The first-order valence-corrected chi connectivity index (χ1v) is 8.74. The van der Waals surface area contributed by atoms with Crippen LogP contribution in [0, 0.1) is 11.8 Å². The smallest absolute Gasteiger partial charge is 0.319 e. The van der Waals surface area contributed by atoms with Gasteiger partial charge >= 0.3 is 6.03 Å². The third kappa shape index (κ3) is 5.85. The zero-order valence-electron chi connectivity index (χ0n) is 14.5. The molecule has 0 aliphatic carbocycles. The lowest BCUT2D eigenvalue weighted by molar-refractivity contribution is -0.117. The fraction of sp³-hybridized carbons (Fsp3) is 0.556. The van der Waals surface area contributed by atoms with E-state index in [1.165, 1.54) is 0 Å². The fourth-order valence-corrected chi connectivity index (χ4v) is 3.09. The largest absolute Gasteiger partial charge is 0.338 e. The van der Waals surface area contributed by atoms with Crippen LogP contribution in [0.25, 0.3) is 0 Å². The van der Waals surface area contributed by atoms with Crippen molar-refractivity contribution in [3.8, 4) is 0 Å². The van der Waals surface area contributed by atoms with Crippen molar-refractivity contribution in [3.05, 3.63) is 24.3 Å². The van der Waals surface area contributed by atoms with Crippen molar-refractivity contribution in [2.75, 3.05) is 30.3 Å². The average molecular weight is 332 g/mol. The van der Waals surface area contributed by atoms with Crippen LogP contribution in [-0.2, 0) is 4.79 Å². The lowest BCUT2D eigenvalue weighted by Gasteiger charge is -2.27. The number of carbonyl (C=O) groups is 2. The van der Waals surface area contributed by atoms with E-state index in [0.29, 0.717) is 36.2 Å². The van der Waals surface area contributed by atoms with Gasteiger partial charge in [0.15, 0.2) is 0 Å². The number of nitrogens with one attached hydrogen (secondary N) is 4. The van der Waals surface area contributed by atoms with E-state index in [1.54, 1.807) is 12.1 Å². The molecular weight excluding hydrogens is 304 g/mol. The number of rotatable bonds is 6. The van der Waals surface area contributed by atoms with Crippen LogP contribution in [0.5, 0.6) is 0 Å². The van der Waals surface area contributed by atoms with Gasteiger partial charge in [0.05, 0.1) is 0 Å². The molecule has 1 aliphatic rings. The number of hydrogen-bond acceptors (Lipinski definition) is 3. The molecule has 0 bridgehead atoms. The quantitative estimate of drug-likeness (QED) is 0.646. The van der Waals surface area contributed by atoms with Crippen molar-refractivity contribution in [2.24, 2.45) is 11.8 Å². The highest BCUT2D eigenvalue weighted by Crippen LogP contribution is 2.25. The van der Waals surface area contributed by atoms with Gasteiger partial charge in [-0.25, -0.2) is 4.79 Å². The third-order valence-corrected chi connectivity index (χ3v) is 4.44. The van der Waals surface area contributed by atoms with Crippen LogP contribution in [0.3, 0.4) is 0 Å². The van der Waals surface area contributed by atoms with E-state index in [-0.39, 0.29) is 11.9 Å². The molecule has 0 saturated carbocycles. The van der Waals surface area contributed by atoms with Crippen molar-refractivity contribution in [3.63, 3.8) is 0 Å². The van der Waals surface area contributed by atoms with E-state index in [2.05, 4.69) is 28.2 Å². The van der Waals surface area contributed by atoms with Gasteiger partial charge in [-0.1, -0.05) is 13.0 Å². The van der Waals surface area contributed by atoms with Crippen LogP contribution in [0.15, 0.2) is 24.3 Å². The molecule has 4 N–H and O–H groups in total. The first-order valence-electron chi connectivity index (χ1n) is 8.74. The number of urea groups is 1. The zero-order chi connectivity index (χ0) is 17.4. The van der Waals surface area contributed by atoms with Gasteiger partial charge in [0, 0.05) is 24.3 Å². The van der Waals surface area contributed by atoms with E-state index >= 15 is 0 Å². The zero-order valence-corrected chi connectivity index (χ0v) is 14.5. The summed E-state index contributed by atoms with van der Waals surface area (Å²) >= 11 is 0. The highest BCUT2D eigenvalue weighted by molar-refractivity contribution is 5.93. The Kier molecular flexibility index (Phi) is 7.06. The first-order chi connectivity index (χ1) is 11.6. The molecular formula is C18H28N4O2.